The van der Waals surface area contributed by atoms with Crippen LogP contribution in [0.25, 0.3) is 22.8 Å². The fourth-order valence-electron chi connectivity index (χ4n) is 4.08. The van der Waals surface area contributed by atoms with Crippen LogP contribution in [0.1, 0.15) is 38.6 Å². The van der Waals surface area contributed by atoms with Crippen molar-refractivity contribution in [3.05, 3.63) is 68.5 Å². The van der Waals surface area contributed by atoms with Crippen LogP contribution in [0.2, 0.25) is 0 Å². The number of benzene rings is 2. The van der Waals surface area contributed by atoms with E-state index >= 15 is 0 Å². The molecule has 0 atom stereocenters. The summed E-state index contributed by atoms with van der Waals surface area (Å²) >= 11 is 0.00750. The molecule has 0 saturated carbocycles. The summed E-state index contributed by atoms with van der Waals surface area (Å²) in [6.45, 7) is 9.61. The number of anilines is 1. The molecule has 176 valence electrons. The van der Waals surface area contributed by atoms with E-state index in [4.69, 9.17) is 0 Å². The number of nitrogens with zero attached hydrogens (tertiary/aromatic N) is 1. The molecule has 2 aromatic carbocycles. The minimum atomic E-state index is -0.135. The van der Waals surface area contributed by atoms with Gasteiger partial charge in [-0.3, -0.25) is 0 Å². The van der Waals surface area contributed by atoms with Crippen molar-refractivity contribution in [3.63, 3.8) is 0 Å². The molecule has 6 nitrogen and oxygen atoms in total. The predicted octanol–water partition coefficient (Wildman–Crippen LogP) is 3.99. The minimum absolute atomic E-state index is 0.00750. The van der Waals surface area contributed by atoms with E-state index in [-0.39, 0.29) is 32.1 Å². The Morgan fingerprint density at radius 1 is 1.09 bits per heavy atom. The van der Waals surface area contributed by atoms with E-state index in [0.29, 0.717) is 17.7 Å². The van der Waals surface area contributed by atoms with Crippen molar-refractivity contribution < 1.29 is 14.7 Å². The number of aryl methyl sites for hydroxylation is 1. The van der Waals surface area contributed by atoms with Crippen molar-refractivity contribution in [2.45, 2.75) is 20.8 Å². The second-order valence-corrected chi connectivity index (χ2v) is 10.9. The van der Waals surface area contributed by atoms with Gasteiger partial charge in [0.1, 0.15) is 0 Å². The Bertz CT molecular complexity index is 1240. The molecule has 0 fully saturated rings. The van der Waals surface area contributed by atoms with Gasteiger partial charge in [-0.1, -0.05) is 0 Å². The Kier molecular flexibility index (Phi) is 7.37. The fourth-order valence-corrected chi connectivity index (χ4v) is 6.11. The van der Waals surface area contributed by atoms with E-state index in [0.717, 1.165) is 50.9 Å². The van der Waals surface area contributed by atoms with Gasteiger partial charge in [-0.2, -0.15) is 0 Å². The van der Waals surface area contributed by atoms with E-state index in [9.17, 15) is 14.7 Å². The van der Waals surface area contributed by atoms with Gasteiger partial charge in [0.25, 0.3) is 0 Å². The van der Waals surface area contributed by atoms with E-state index in [2.05, 4.69) is 29.4 Å². The zero-order valence-corrected chi connectivity index (χ0v) is 21.4. The molecule has 2 amide bonds. The number of amides is 2. The molecule has 4 rings (SSSR count). The van der Waals surface area contributed by atoms with E-state index in [1.807, 2.05) is 49.4 Å². The summed E-state index contributed by atoms with van der Waals surface area (Å²) < 4.78 is 2.08. The zero-order valence-electron chi connectivity index (χ0n) is 19.6. The Hall–Kier alpha value is -3.12. The number of carbonyl (C=O) groups excluding carboxylic acids is 2. The number of likely N-dealkylation sites (N-methyl/N-ethyl adjacent to an activating group) is 1. The number of phenols is 1. The summed E-state index contributed by atoms with van der Waals surface area (Å²) in [6, 6.07) is 14.8. The SMILES string of the molecule is CCN(CC)CCNC(=O)c1cc(C=C2C(=O)Nc3cc(-c4ccc(O)cc4)ccc32)[se]c1C. The molecule has 0 saturated heterocycles. The number of nitrogens with one attached hydrogen (secondary N) is 2. The standard InChI is InChI=1S/C27H29N3O3Se/c1-4-30(5-2)13-12-28-26(32)23-15-21(34-17(23)3)16-24-22-11-8-19(14-25(22)29-27(24)33)18-6-9-20(31)10-7-18/h6-11,14-16,31H,4-5,12-13H2,1-3H3,(H,28,32)(H,29,33). The first-order valence-electron chi connectivity index (χ1n) is 11.5. The van der Waals surface area contributed by atoms with Crippen LogP contribution in [0.5, 0.6) is 5.75 Å². The normalized spacial score (nSPS) is 13.9. The summed E-state index contributed by atoms with van der Waals surface area (Å²) in [5.41, 5.74) is 4.89. The van der Waals surface area contributed by atoms with Gasteiger partial charge in [0.15, 0.2) is 0 Å². The molecule has 1 aromatic heterocycles. The molecule has 3 N–H and O–H groups in total. The molecule has 34 heavy (non-hydrogen) atoms. The van der Waals surface area contributed by atoms with Gasteiger partial charge in [-0.05, 0) is 0 Å². The van der Waals surface area contributed by atoms with Crippen molar-refractivity contribution in [3.8, 4) is 16.9 Å². The summed E-state index contributed by atoms with van der Waals surface area (Å²) in [5.74, 6) is 0.0371. The van der Waals surface area contributed by atoms with E-state index < -0.39 is 0 Å². The van der Waals surface area contributed by atoms with Gasteiger partial charge in [-0.15, -0.1) is 0 Å². The molecule has 0 radical (unpaired) electrons. The number of hydrogen-bond acceptors (Lipinski definition) is 4. The number of hydrogen-bond donors (Lipinski definition) is 3. The Labute approximate surface area is 206 Å². The van der Waals surface area contributed by atoms with Crippen molar-refractivity contribution in [2.75, 3.05) is 31.5 Å². The average Bonchev–Trinajstić information content (AvgIpc) is 3.35. The number of fused-ring (bicyclic) bond motifs is 1. The van der Waals surface area contributed by atoms with Crippen LogP contribution in [-0.4, -0.2) is 62.5 Å². The Balaban J connectivity index is 1.52. The molecule has 1 aliphatic rings. The molecular formula is C27H29N3O3Se. The predicted molar refractivity (Wildman–Crippen MR) is 138 cm³/mol. The van der Waals surface area contributed by atoms with Gasteiger partial charge in [-0.25, -0.2) is 0 Å². The van der Waals surface area contributed by atoms with Crippen molar-refractivity contribution >= 4 is 43.7 Å². The molecule has 0 aliphatic carbocycles. The molecule has 0 bridgehead atoms. The van der Waals surface area contributed by atoms with Crippen molar-refractivity contribution in [1.82, 2.24) is 10.2 Å². The van der Waals surface area contributed by atoms with Crippen LogP contribution in [0.15, 0.2) is 48.5 Å². The van der Waals surface area contributed by atoms with Crippen LogP contribution >= 0.6 is 0 Å². The number of rotatable bonds is 8. The van der Waals surface area contributed by atoms with Crippen LogP contribution in [-0.2, 0) is 4.79 Å². The topological polar surface area (TPSA) is 81.7 Å². The van der Waals surface area contributed by atoms with Crippen molar-refractivity contribution in [1.29, 1.82) is 0 Å². The van der Waals surface area contributed by atoms with Gasteiger partial charge in [0.2, 0.25) is 0 Å². The van der Waals surface area contributed by atoms with Crippen LogP contribution in [0, 0.1) is 6.92 Å². The van der Waals surface area contributed by atoms with Gasteiger partial charge in [0.05, 0.1) is 0 Å². The zero-order chi connectivity index (χ0) is 24.2. The second-order valence-electron chi connectivity index (χ2n) is 8.22. The first-order valence-corrected chi connectivity index (χ1v) is 13.2. The number of carbonyl (C=O) groups is 2. The number of phenolic OH excluding ortho intramolecular Hbond substituents is 1. The molecule has 7 heteroatoms. The van der Waals surface area contributed by atoms with Crippen LogP contribution in [0.3, 0.4) is 0 Å². The molecule has 3 aromatic rings. The first kappa shape index (κ1) is 24.0. The summed E-state index contributed by atoms with van der Waals surface area (Å²) in [7, 11) is 0. The number of aromatic hydroxyl groups is 1. The van der Waals surface area contributed by atoms with E-state index in [1.54, 1.807) is 12.1 Å². The molecule has 0 unspecified atom stereocenters. The molecule has 0 spiro atoms. The first-order chi connectivity index (χ1) is 16.4. The maximum atomic E-state index is 12.7. The van der Waals surface area contributed by atoms with Crippen molar-refractivity contribution in [2.24, 2.45) is 0 Å². The molecular weight excluding hydrogens is 493 g/mol. The summed E-state index contributed by atoms with van der Waals surface area (Å²) in [4.78, 5) is 27.7. The third-order valence-corrected chi connectivity index (χ3v) is 8.17. The Morgan fingerprint density at radius 2 is 1.79 bits per heavy atom. The molecule has 2 heterocycles. The fraction of sp³-hybridized carbons (Fsp3) is 0.259. The molecule has 1 aliphatic heterocycles. The Morgan fingerprint density at radius 3 is 2.50 bits per heavy atom. The second kappa shape index (κ2) is 10.4. The van der Waals surface area contributed by atoms with Gasteiger partial charge < -0.3 is 0 Å². The summed E-state index contributed by atoms with van der Waals surface area (Å²) in [5, 5.41) is 15.5. The van der Waals surface area contributed by atoms with Gasteiger partial charge >= 0.3 is 206 Å². The third kappa shape index (κ3) is 5.17. The quantitative estimate of drug-likeness (QED) is 0.309. The van der Waals surface area contributed by atoms with Gasteiger partial charge in [0, 0.05) is 0 Å². The third-order valence-electron chi connectivity index (χ3n) is 6.08. The van der Waals surface area contributed by atoms with Crippen LogP contribution < -0.4 is 10.6 Å². The average molecular weight is 523 g/mol. The summed E-state index contributed by atoms with van der Waals surface area (Å²) in [6.07, 6.45) is 1.92. The van der Waals surface area contributed by atoms with Crippen LogP contribution in [0.4, 0.5) is 5.69 Å². The maximum absolute atomic E-state index is 12.7. The van der Waals surface area contributed by atoms with E-state index in [1.165, 1.54) is 0 Å². The monoisotopic (exact) mass is 523 g/mol.